The fourth-order valence-electron chi connectivity index (χ4n) is 9.33. The first-order valence-electron chi connectivity index (χ1n) is 19.9. The molecule has 2 nitrogen and oxygen atoms in total. The van der Waals surface area contributed by atoms with E-state index in [-0.39, 0.29) is 0 Å². The van der Waals surface area contributed by atoms with Gasteiger partial charge in [-0.25, -0.2) is 0 Å². The molecular weight excluding hydrogens is 703 g/mol. The third-order valence-electron chi connectivity index (χ3n) is 12.0. The van der Waals surface area contributed by atoms with Crippen molar-refractivity contribution < 1.29 is 4.42 Å². The van der Waals surface area contributed by atoms with Gasteiger partial charge >= 0.3 is 0 Å². The minimum atomic E-state index is 0.880. The lowest BCUT2D eigenvalue weighted by atomic mass is 9.88. The summed E-state index contributed by atoms with van der Waals surface area (Å²) >= 11 is 0. The van der Waals surface area contributed by atoms with Crippen LogP contribution in [-0.4, -0.2) is 0 Å². The van der Waals surface area contributed by atoms with Crippen LogP contribution in [0, 0.1) is 0 Å². The summed E-state index contributed by atoms with van der Waals surface area (Å²) in [7, 11) is 0. The summed E-state index contributed by atoms with van der Waals surface area (Å²) in [6, 6.07) is 77.2. The Kier molecular flexibility index (Phi) is 7.26. The molecule has 0 saturated heterocycles. The van der Waals surface area contributed by atoms with Gasteiger partial charge < -0.3 is 9.32 Å². The molecule has 1 heterocycles. The molecule has 0 fully saturated rings. The highest BCUT2D eigenvalue weighted by molar-refractivity contribution is 6.30. The van der Waals surface area contributed by atoms with Crippen LogP contribution >= 0.6 is 0 Å². The van der Waals surface area contributed by atoms with E-state index in [4.69, 9.17) is 4.42 Å². The predicted octanol–water partition coefficient (Wildman–Crippen LogP) is 16.2. The molecule has 11 aromatic carbocycles. The molecule has 0 saturated carbocycles. The van der Waals surface area contributed by atoms with Crippen molar-refractivity contribution in [2.45, 2.75) is 0 Å². The van der Waals surface area contributed by atoms with E-state index in [1.165, 1.54) is 70.6 Å². The van der Waals surface area contributed by atoms with Gasteiger partial charge in [-0.2, -0.15) is 0 Å². The Morgan fingerprint density at radius 2 is 0.828 bits per heavy atom. The highest BCUT2D eigenvalue weighted by Gasteiger charge is 2.19. The third kappa shape index (κ3) is 5.12. The first-order valence-corrected chi connectivity index (χ1v) is 19.9. The lowest BCUT2D eigenvalue weighted by Gasteiger charge is -2.27. The van der Waals surface area contributed by atoms with Crippen molar-refractivity contribution >= 4 is 92.9 Å². The summed E-state index contributed by atoms with van der Waals surface area (Å²) in [6.45, 7) is 0. The number of nitrogens with zero attached hydrogens (tertiary/aromatic N) is 1. The number of furan rings is 1. The van der Waals surface area contributed by atoms with Crippen molar-refractivity contribution in [3.8, 4) is 22.3 Å². The topological polar surface area (TPSA) is 16.4 Å². The molecule has 0 spiro atoms. The Hall–Kier alpha value is -7.68. The average Bonchev–Trinajstić information content (AvgIpc) is 3.66. The summed E-state index contributed by atoms with van der Waals surface area (Å²) in [4.78, 5) is 2.39. The summed E-state index contributed by atoms with van der Waals surface area (Å²) < 4.78 is 6.31. The predicted molar refractivity (Wildman–Crippen MR) is 247 cm³/mol. The zero-order chi connectivity index (χ0) is 38.2. The molecular formula is C56H35NO. The van der Waals surface area contributed by atoms with Gasteiger partial charge in [-0.05, 0) is 131 Å². The highest BCUT2D eigenvalue weighted by atomic mass is 16.3. The summed E-state index contributed by atoms with van der Waals surface area (Å²) in [6.07, 6.45) is 0. The van der Waals surface area contributed by atoms with Gasteiger partial charge in [-0.3, -0.25) is 0 Å². The van der Waals surface area contributed by atoms with Crippen LogP contribution in [0.1, 0.15) is 0 Å². The van der Waals surface area contributed by atoms with Gasteiger partial charge in [0.15, 0.2) is 0 Å². The SMILES string of the molecule is c1cc(-c2cccc3ccccc23)cc(N(c2cccc(-c3cc4ccccc4c4c3ccc3ccc5ccccc5c34)c2)c2ccc3oc4ccccc4c3c2)c1. The molecule has 0 aliphatic heterocycles. The number of benzene rings is 11. The van der Waals surface area contributed by atoms with Crippen molar-refractivity contribution in [3.63, 3.8) is 0 Å². The molecule has 0 aliphatic rings. The third-order valence-corrected chi connectivity index (χ3v) is 12.0. The standard InChI is InChI=1S/C56H35NO/c1-4-20-45-36(12-1)15-11-24-46(45)39-16-9-18-42(32-39)57(44-29-31-54-52(35-44)49-23-7-8-25-53(49)58-54)43-19-10-17-40(33-43)51-34-41-14-3-6-22-48(41)56-50(51)30-28-38-27-26-37-13-2-5-21-47(37)55(38)56/h1-35H. The number of hydrogen-bond acceptors (Lipinski definition) is 2. The zero-order valence-corrected chi connectivity index (χ0v) is 31.6. The van der Waals surface area contributed by atoms with Crippen LogP contribution in [0.15, 0.2) is 217 Å². The molecule has 58 heavy (non-hydrogen) atoms. The Labute approximate surface area is 335 Å². The molecule has 0 bridgehead atoms. The first-order chi connectivity index (χ1) is 28.7. The van der Waals surface area contributed by atoms with Crippen molar-refractivity contribution in [3.05, 3.63) is 212 Å². The molecule has 0 atom stereocenters. The molecule has 1 aromatic heterocycles. The number of rotatable bonds is 5. The number of hydrogen-bond donors (Lipinski definition) is 0. The molecule has 0 amide bonds. The normalized spacial score (nSPS) is 11.8. The molecule has 0 aliphatic carbocycles. The highest BCUT2D eigenvalue weighted by Crippen LogP contribution is 2.45. The fraction of sp³-hybridized carbons (Fsp3) is 0. The Bertz CT molecular complexity index is 3590. The van der Waals surface area contributed by atoms with E-state index in [2.05, 4.69) is 205 Å². The van der Waals surface area contributed by atoms with Crippen LogP contribution in [0.4, 0.5) is 17.1 Å². The zero-order valence-electron chi connectivity index (χ0n) is 31.6. The van der Waals surface area contributed by atoms with Gasteiger partial charge in [0, 0.05) is 27.8 Å². The quantitative estimate of drug-likeness (QED) is 0.164. The maximum Gasteiger partial charge on any atom is 0.135 e. The second-order valence-electron chi connectivity index (χ2n) is 15.3. The monoisotopic (exact) mass is 737 g/mol. The number of fused-ring (bicyclic) bond motifs is 11. The maximum atomic E-state index is 6.31. The summed E-state index contributed by atoms with van der Waals surface area (Å²) in [5.74, 6) is 0. The van der Waals surface area contributed by atoms with Gasteiger partial charge in [0.2, 0.25) is 0 Å². The largest absolute Gasteiger partial charge is 0.456 e. The van der Waals surface area contributed by atoms with Crippen molar-refractivity contribution in [1.29, 1.82) is 0 Å². The van der Waals surface area contributed by atoms with Crippen LogP contribution < -0.4 is 4.90 Å². The molecule has 0 unspecified atom stereocenters. The Morgan fingerprint density at radius 3 is 1.62 bits per heavy atom. The lowest BCUT2D eigenvalue weighted by Crippen LogP contribution is -2.10. The maximum absolute atomic E-state index is 6.31. The van der Waals surface area contributed by atoms with Gasteiger partial charge in [-0.1, -0.05) is 158 Å². The lowest BCUT2D eigenvalue weighted by molar-refractivity contribution is 0.669. The minimum Gasteiger partial charge on any atom is -0.456 e. The van der Waals surface area contributed by atoms with Crippen LogP contribution in [0.3, 0.4) is 0 Å². The molecule has 0 N–H and O–H groups in total. The molecule has 12 aromatic rings. The first kappa shape index (κ1) is 32.6. The van der Waals surface area contributed by atoms with E-state index in [0.29, 0.717) is 0 Å². The van der Waals surface area contributed by atoms with E-state index >= 15 is 0 Å². The van der Waals surface area contributed by atoms with E-state index in [9.17, 15) is 0 Å². The second kappa shape index (κ2) is 12.9. The summed E-state index contributed by atoms with van der Waals surface area (Å²) in [5, 5.41) is 14.8. The van der Waals surface area contributed by atoms with Gasteiger partial charge in [-0.15, -0.1) is 0 Å². The number of para-hydroxylation sites is 1. The van der Waals surface area contributed by atoms with E-state index in [0.717, 1.165) is 44.6 Å². The fourth-order valence-corrected chi connectivity index (χ4v) is 9.33. The molecule has 270 valence electrons. The molecule has 12 rings (SSSR count). The van der Waals surface area contributed by atoms with Gasteiger partial charge in [0.25, 0.3) is 0 Å². The van der Waals surface area contributed by atoms with E-state index in [1.807, 2.05) is 12.1 Å². The van der Waals surface area contributed by atoms with Crippen LogP contribution in [0.25, 0.3) is 98.1 Å². The second-order valence-corrected chi connectivity index (χ2v) is 15.3. The minimum absolute atomic E-state index is 0.880. The van der Waals surface area contributed by atoms with Gasteiger partial charge in [0.1, 0.15) is 11.2 Å². The van der Waals surface area contributed by atoms with E-state index < -0.39 is 0 Å². The van der Waals surface area contributed by atoms with Crippen molar-refractivity contribution in [1.82, 2.24) is 0 Å². The smallest absolute Gasteiger partial charge is 0.135 e. The van der Waals surface area contributed by atoms with Gasteiger partial charge in [0.05, 0.1) is 0 Å². The summed E-state index contributed by atoms with van der Waals surface area (Å²) in [5.41, 5.74) is 9.76. The van der Waals surface area contributed by atoms with Crippen molar-refractivity contribution in [2.75, 3.05) is 4.90 Å². The average molecular weight is 738 g/mol. The van der Waals surface area contributed by atoms with Crippen LogP contribution in [0.5, 0.6) is 0 Å². The molecule has 0 radical (unpaired) electrons. The van der Waals surface area contributed by atoms with E-state index in [1.54, 1.807) is 0 Å². The Balaban J connectivity index is 1.10. The van der Waals surface area contributed by atoms with Crippen LogP contribution in [0.2, 0.25) is 0 Å². The van der Waals surface area contributed by atoms with Crippen molar-refractivity contribution in [2.24, 2.45) is 0 Å². The number of anilines is 3. The van der Waals surface area contributed by atoms with Crippen LogP contribution in [-0.2, 0) is 0 Å². The Morgan fingerprint density at radius 1 is 0.276 bits per heavy atom. The molecule has 2 heteroatoms.